The number of hydrogen-bond donors (Lipinski definition) is 2. The highest BCUT2D eigenvalue weighted by atomic mass is 19.4. The van der Waals surface area contributed by atoms with Crippen molar-refractivity contribution in [2.45, 2.75) is 37.4 Å². The van der Waals surface area contributed by atoms with Crippen LogP contribution in [0.15, 0.2) is 0 Å². The predicted molar refractivity (Wildman–Crippen MR) is 45.5 cm³/mol. The molecule has 1 spiro atoms. The lowest BCUT2D eigenvalue weighted by Crippen LogP contribution is -2.68. The molecule has 90 valence electrons. The third-order valence-corrected chi connectivity index (χ3v) is 3.69. The smallest absolute Gasteiger partial charge is 0.471 e. The van der Waals surface area contributed by atoms with E-state index < -0.39 is 29.0 Å². The molecule has 4 nitrogen and oxygen atoms in total. The molecule has 0 aliphatic heterocycles. The van der Waals surface area contributed by atoms with Gasteiger partial charge in [-0.1, -0.05) is 0 Å². The molecule has 1 atom stereocenters. The van der Waals surface area contributed by atoms with Gasteiger partial charge in [-0.05, 0) is 25.7 Å². The fraction of sp³-hybridized carbons (Fsp3) is 0.778. The van der Waals surface area contributed by atoms with E-state index in [0.717, 1.165) is 0 Å². The average molecular weight is 237 g/mol. The maximum atomic E-state index is 12.1. The van der Waals surface area contributed by atoms with Gasteiger partial charge in [-0.15, -0.1) is 0 Å². The molecule has 0 heterocycles. The van der Waals surface area contributed by atoms with Gasteiger partial charge in [0.25, 0.3) is 0 Å². The molecule has 2 aliphatic carbocycles. The molecule has 0 bridgehead atoms. The van der Waals surface area contributed by atoms with Crippen molar-refractivity contribution >= 4 is 11.9 Å². The van der Waals surface area contributed by atoms with E-state index >= 15 is 0 Å². The van der Waals surface area contributed by atoms with Crippen molar-refractivity contribution in [1.29, 1.82) is 0 Å². The van der Waals surface area contributed by atoms with Crippen molar-refractivity contribution in [2.75, 3.05) is 0 Å². The van der Waals surface area contributed by atoms with Gasteiger partial charge >= 0.3 is 18.1 Å². The van der Waals surface area contributed by atoms with Gasteiger partial charge in [0.15, 0.2) is 0 Å². The van der Waals surface area contributed by atoms with Crippen molar-refractivity contribution in [2.24, 2.45) is 5.41 Å². The van der Waals surface area contributed by atoms with E-state index in [4.69, 9.17) is 5.11 Å². The van der Waals surface area contributed by atoms with E-state index in [1.807, 2.05) is 0 Å². The van der Waals surface area contributed by atoms with Crippen LogP contribution in [0.2, 0.25) is 0 Å². The first-order valence-electron chi connectivity index (χ1n) is 4.86. The summed E-state index contributed by atoms with van der Waals surface area (Å²) in [6.07, 6.45) is -3.26. The number of alkyl halides is 3. The van der Waals surface area contributed by atoms with Crippen LogP contribution < -0.4 is 5.32 Å². The molecule has 7 heteroatoms. The summed E-state index contributed by atoms with van der Waals surface area (Å²) in [5.74, 6) is -3.53. The molecule has 2 fully saturated rings. The van der Waals surface area contributed by atoms with Gasteiger partial charge in [0.2, 0.25) is 0 Å². The minimum Gasteiger partial charge on any atom is -0.479 e. The van der Waals surface area contributed by atoms with Crippen LogP contribution in [0.1, 0.15) is 25.7 Å². The van der Waals surface area contributed by atoms with Gasteiger partial charge in [-0.3, -0.25) is 4.79 Å². The zero-order valence-corrected chi connectivity index (χ0v) is 8.23. The van der Waals surface area contributed by atoms with Gasteiger partial charge in [-0.25, -0.2) is 4.79 Å². The van der Waals surface area contributed by atoms with Crippen LogP contribution in [0.25, 0.3) is 0 Å². The Bertz CT molecular complexity index is 362. The normalized spacial score (nSPS) is 30.7. The first-order valence-corrected chi connectivity index (χ1v) is 4.86. The Balaban J connectivity index is 2.18. The Morgan fingerprint density at radius 1 is 1.12 bits per heavy atom. The summed E-state index contributed by atoms with van der Waals surface area (Å²) in [7, 11) is 0. The minimum absolute atomic E-state index is 0.0736. The van der Waals surface area contributed by atoms with E-state index in [0.29, 0.717) is 19.3 Å². The van der Waals surface area contributed by atoms with Crippen LogP contribution in [0.3, 0.4) is 0 Å². The third kappa shape index (κ3) is 1.30. The molecule has 0 radical (unpaired) electrons. The van der Waals surface area contributed by atoms with Crippen LogP contribution in [-0.4, -0.2) is 28.7 Å². The predicted octanol–water partition coefficient (Wildman–Crippen LogP) is 1.06. The van der Waals surface area contributed by atoms with Crippen LogP contribution >= 0.6 is 0 Å². The van der Waals surface area contributed by atoms with Crippen LogP contribution in [0.5, 0.6) is 0 Å². The largest absolute Gasteiger partial charge is 0.479 e. The Morgan fingerprint density at radius 3 is 1.88 bits per heavy atom. The molecule has 2 rings (SSSR count). The molecule has 1 unspecified atom stereocenters. The fourth-order valence-corrected chi connectivity index (χ4v) is 2.40. The van der Waals surface area contributed by atoms with Crippen LogP contribution in [0, 0.1) is 5.41 Å². The Labute approximate surface area is 88.8 Å². The molecule has 0 aromatic heterocycles. The molecule has 2 N–H and O–H groups in total. The lowest BCUT2D eigenvalue weighted by molar-refractivity contribution is -0.182. The van der Waals surface area contributed by atoms with Crippen molar-refractivity contribution in [3.05, 3.63) is 0 Å². The topological polar surface area (TPSA) is 66.4 Å². The molecule has 2 aliphatic rings. The van der Waals surface area contributed by atoms with Gasteiger partial charge in [0, 0.05) is 5.41 Å². The molecule has 0 aromatic rings. The molecule has 2 saturated carbocycles. The Hall–Kier alpha value is -1.27. The standard InChI is InChI=1S/C9H10F3NO3/c10-9(11,12)5(14)13-8(6(15)16)4-3-7(8)1-2-7/h1-4H2,(H,13,14)(H,15,16). The van der Waals surface area contributed by atoms with Crippen molar-refractivity contribution in [3.63, 3.8) is 0 Å². The molecular formula is C9H10F3NO3. The maximum Gasteiger partial charge on any atom is 0.471 e. The number of hydrogen-bond acceptors (Lipinski definition) is 2. The number of rotatable bonds is 2. The van der Waals surface area contributed by atoms with E-state index in [2.05, 4.69) is 0 Å². The number of amides is 1. The second-order valence-corrected chi connectivity index (χ2v) is 4.44. The third-order valence-electron chi connectivity index (χ3n) is 3.69. The Kier molecular flexibility index (Phi) is 2.03. The summed E-state index contributed by atoms with van der Waals surface area (Å²) in [4.78, 5) is 21.8. The lowest BCUT2D eigenvalue weighted by Gasteiger charge is -2.47. The highest BCUT2D eigenvalue weighted by molar-refractivity contribution is 5.91. The number of carboxylic acids is 1. The van der Waals surface area contributed by atoms with E-state index in [9.17, 15) is 22.8 Å². The summed E-state index contributed by atoms with van der Waals surface area (Å²) in [6, 6.07) is 0. The van der Waals surface area contributed by atoms with Gasteiger partial charge < -0.3 is 10.4 Å². The quantitative estimate of drug-likeness (QED) is 0.754. The lowest BCUT2D eigenvalue weighted by atomic mass is 9.63. The number of nitrogens with one attached hydrogen (secondary N) is 1. The van der Waals surface area contributed by atoms with E-state index in [1.165, 1.54) is 0 Å². The average Bonchev–Trinajstić information content (AvgIpc) is 2.90. The number of halogens is 3. The first kappa shape index (κ1) is 11.2. The highest BCUT2D eigenvalue weighted by Gasteiger charge is 2.71. The number of carbonyl (C=O) groups is 2. The summed E-state index contributed by atoms with van der Waals surface area (Å²) < 4.78 is 36.2. The summed E-state index contributed by atoms with van der Waals surface area (Å²) in [6.45, 7) is 0. The van der Waals surface area contributed by atoms with Gasteiger partial charge in [-0.2, -0.15) is 13.2 Å². The second kappa shape index (κ2) is 2.89. The van der Waals surface area contributed by atoms with Gasteiger partial charge in [0.1, 0.15) is 5.54 Å². The molecular weight excluding hydrogens is 227 g/mol. The molecule has 0 saturated heterocycles. The molecule has 16 heavy (non-hydrogen) atoms. The van der Waals surface area contributed by atoms with Crippen molar-refractivity contribution in [1.82, 2.24) is 5.32 Å². The first-order chi connectivity index (χ1) is 7.24. The Morgan fingerprint density at radius 2 is 1.62 bits per heavy atom. The van der Waals surface area contributed by atoms with Gasteiger partial charge in [0.05, 0.1) is 0 Å². The minimum atomic E-state index is -5.03. The zero-order valence-electron chi connectivity index (χ0n) is 8.23. The zero-order chi connectivity index (χ0) is 12.2. The highest BCUT2D eigenvalue weighted by Crippen LogP contribution is 2.66. The molecule has 0 aromatic carbocycles. The molecule has 1 amide bonds. The van der Waals surface area contributed by atoms with E-state index in [1.54, 1.807) is 5.32 Å². The summed E-state index contributed by atoms with van der Waals surface area (Å²) in [5.41, 5.74) is -2.32. The maximum absolute atomic E-state index is 12.1. The fourth-order valence-electron chi connectivity index (χ4n) is 2.40. The number of carboxylic acid groups (broad SMARTS) is 1. The van der Waals surface area contributed by atoms with Crippen molar-refractivity contribution in [3.8, 4) is 0 Å². The number of aliphatic carboxylic acids is 1. The van der Waals surface area contributed by atoms with Crippen LogP contribution in [0.4, 0.5) is 13.2 Å². The monoisotopic (exact) mass is 237 g/mol. The SMILES string of the molecule is O=C(NC1(C(=O)O)CCC12CC2)C(F)(F)F. The summed E-state index contributed by atoms with van der Waals surface area (Å²) >= 11 is 0. The van der Waals surface area contributed by atoms with Crippen molar-refractivity contribution < 1.29 is 27.9 Å². The van der Waals surface area contributed by atoms with Crippen LogP contribution in [-0.2, 0) is 9.59 Å². The second-order valence-electron chi connectivity index (χ2n) is 4.44. The summed E-state index contributed by atoms with van der Waals surface area (Å²) in [5, 5.41) is 10.7. The van der Waals surface area contributed by atoms with E-state index in [-0.39, 0.29) is 6.42 Å². The number of carbonyl (C=O) groups excluding carboxylic acids is 1.